The first-order valence-electron chi connectivity index (χ1n) is 9.22. The maximum absolute atomic E-state index is 12.8. The van der Waals surface area contributed by atoms with E-state index in [-0.39, 0.29) is 16.8 Å². The van der Waals surface area contributed by atoms with Gasteiger partial charge in [-0.15, -0.1) is 0 Å². The molecule has 1 aromatic carbocycles. The minimum Gasteiger partial charge on any atom is -0.352 e. The summed E-state index contributed by atoms with van der Waals surface area (Å²) in [6.07, 6.45) is 6.80. The highest BCUT2D eigenvalue weighted by molar-refractivity contribution is 7.98. The number of sulfonamides is 1. The summed E-state index contributed by atoms with van der Waals surface area (Å²) in [4.78, 5) is 13.0. The van der Waals surface area contributed by atoms with Crippen LogP contribution in [0.25, 0.3) is 0 Å². The molecule has 1 fully saturated rings. The van der Waals surface area contributed by atoms with E-state index in [9.17, 15) is 13.2 Å². The Labute approximate surface area is 161 Å². The van der Waals surface area contributed by atoms with E-state index in [0.29, 0.717) is 18.1 Å². The molecule has 0 saturated heterocycles. The highest BCUT2D eigenvalue weighted by atomic mass is 32.2. The van der Waals surface area contributed by atoms with Crippen LogP contribution in [0.2, 0.25) is 0 Å². The number of aryl methyl sites for hydroxylation is 1. The van der Waals surface area contributed by atoms with Crippen molar-refractivity contribution in [2.45, 2.75) is 62.9 Å². The van der Waals surface area contributed by atoms with E-state index in [2.05, 4.69) is 17.0 Å². The number of hydrogen-bond acceptors (Lipinski definition) is 4. The molecule has 0 spiro atoms. The van der Waals surface area contributed by atoms with Crippen molar-refractivity contribution in [1.29, 1.82) is 0 Å². The van der Waals surface area contributed by atoms with Crippen molar-refractivity contribution in [3.05, 3.63) is 29.8 Å². The molecule has 3 atom stereocenters. The SMILES string of the molecule is CSCCC(NS(=O)(=O)c1ccc(C)cc1)C(=O)NC1CCCCC1C. The summed E-state index contributed by atoms with van der Waals surface area (Å²) in [6, 6.07) is 6.05. The largest absolute Gasteiger partial charge is 0.352 e. The van der Waals surface area contributed by atoms with Crippen molar-refractivity contribution in [1.82, 2.24) is 10.0 Å². The van der Waals surface area contributed by atoms with Crippen molar-refractivity contribution >= 4 is 27.7 Å². The van der Waals surface area contributed by atoms with Crippen LogP contribution in [0, 0.1) is 12.8 Å². The monoisotopic (exact) mass is 398 g/mol. The number of carbonyl (C=O) groups is 1. The lowest BCUT2D eigenvalue weighted by Crippen LogP contribution is -2.51. The van der Waals surface area contributed by atoms with Crippen molar-refractivity contribution < 1.29 is 13.2 Å². The van der Waals surface area contributed by atoms with Gasteiger partial charge in [0, 0.05) is 6.04 Å². The van der Waals surface area contributed by atoms with Gasteiger partial charge in [0.1, 0.15) is 6.04 Å². The van der Waals surface area contributed by atoms with Gasteiger partial charge in [0.15, 0.2) is 0 Å². The van der Waals surface area contributed by atoms with Gasteiger partial charge in [0.25, 0.3) is 0 Å². The lowest BCUT2D eigenvalue weighted by molar-refractivity contribution is -0.124. The predicted octanol–water partition coefficient (Wildman–Crippen LogP) is 3.09. The first-order valence-corrected chi connectivity index (χ1v) is 12.1. The zero-order valence-corrected chi connectivity index (χ0v) is 17.5. The Morgan fingerprint density at radius 2 is 1.88 bits per heavy atom. The Balaban J connectivity index is 2.10. The lowest BCUT2D eigenvalue weighted by atomic mass is 9.86. The second-order valence-electron chi connectivity index (χ2n) is 7.15. The number of benzene rings is 1. The van der Waals surface area contributed by atoms with Gasteiger partial charge in [-0.05, 0) is 56.2 Å². The molecule has 1 saturated carbocycles. The molecule has 7 heteroatoms. The van der Waals surface area contributed by atoms with E-state index >= 15 is 0 Å². The molecular formula is C19H30N2O3S2. The third-order valence-corrected chi connectivity index (χ3v) is 7.13. The number of rotatable bonds is 8. The topological polar surface area (TPSA) is 75.3 Å². The van der Waals surface area contributed by atoms with Crippen LogP contribution < -0.4 is 10.0 Å². The maximum Gasteiger partial charge on any atom is 0.241 e. The molecule has 2 rings (SSSR count). The number of amides is 1. The third-order valence-electron chi connectivity index (χ3n) is 4.99. The van der Waals surface area contributed by atoms with Gasteiger partial charge in [-0.1, -0.05) is 37.5 Å². The molecule has 0 radical (unpaired) electrons. The lowest BCUT2D eigenvalue weighted by Gasteiger charge is -2.31. The molecule has 146 valence electrons. The van der Waals surface area contributed by atoms with Crippen LogP contribution in [-0.4, -0.2) is 38.4 Å². The summed E-state index contributed by atoms with van der Waals surface area (Å²) in [7, 11) is -3.73. The van der Waals surface area contributed by atoms with Gasteiger partial charge in [-0.2, -0.15) is 16.5 Å². The molecule has 1 aliphatic rings. The molecule has 0 aromatic heterocycles. The fraction of sp³-hybridized carbons (Fsp3) is 0.632. The Bertz CT molecular complexity index is 689. The Hall–Kier alpha value is -1.05. The molecule has 3 unspecified atom stereocenters. The summed E-state index contributed by atoms with van der Waals surface area (Å²) in [6.45, 7) is 4.06. The fourth-order valence-corrected chi connectivity index (χ4v) is 4.97. The molecule has 1 aliphatic carbocycles. The number of thioether (sulfide) groups is 1. The average molecular weight is 399 g/mol. The van der Waals surface area contributed by atoms with Crippen LogP contribution in [0.1, 0.15) is 44.6 Å². The van der Waals surface area contributed by atoms with Crippen LogP contribution in [0.3, 0.4) is 0 Å². The predicted molar refractivity (Wildman–Crippen MR) is 108 cm³/mol. The number of nitrogens with one attached hydrogen (secondary N) is 2. The summed E-state index contributed by atoms with van der Waals surface area (Å²) in [5, 5.41) is 3.09. The quantitative estimate of drug-likeness (QED) is 0.706. The third kappa shape index (κ3) is 5.99. The van der Waals surface area contributed by atoms with E-state index < -0.39 is 16.1 Å². The molecule has 2 N–H and O–H groups in total. The van der Waals surface area contributed by atoms with Crippen LogP contribution >= 0.6 is 11.8 Å². The molecule has 26 heavy (non-hydrogen) atoms. The van der Waals surface area contributed by atoms with Crippen LogP contribution in [0.15, 0.2) is 29.2 Å². The summed E-state index contributed by atoms with van der Waals surface area (Å²) in [5.41, 5.74) is 0.993. The van der Waals surface area contributed by atoms with E-state index in [0.717, 1.165) is 24.8 Å². The molecule has 0 heterocycles. The second kappa shape index (κ2) is 9.76. The van der Waals surface area contributed by atoms with E-state index in [1.165, 1.54) is 6.42 Å². The molecule has 0 aliphatic heterocycles. The van der Waals surface area contributed by atoms with Crippen molar-refractivity contribution in [3.63, 3.8) is 0 Å². The molecule has 0 bridgehead atoms. The van der Waals surface area contributed by atoms with Crippen LogP contribution in [-0.2, 0) is 14.8 Å². The molecule has 5 nitrogen and oxygen atoms in total. The number of hydrogen-bond donors (Lipinski definition) is 2. The van der Waals surface area contributed by atoms with E-state index in [4.69, 9.17) is 0 Å². The highest BCUT2D eigenvalue weighted by Crippen LogP contribution is 2.24. The normalized spacial score (nSPS) is 22.0. The molecule has 1 aromatic rings. The minimum absolute atomic E-state index is 0.136. The summed E-state index contributed by atoms with van der Waals surface area (Å²) < 4.78 is 28.0. The standard InChI is InChI=1S/C19H30N2O3S2/c1-14-8-10-16(11-9-14)26(23,24)21-18(12-13-25-3)19(22)20-17-7-5-4-6-15(17)2/h8-11,15,17-18,21H,4-7,12-13H2,1-3H3,(H,20,22). The second-order valence-corrected chi connectivity index (χ2v) is 9.84. The Morgan fingerprint density at radius 3 is 2.50 bits per heavy atom. The Kier molecular flexibility index (Phi) is 7.98. The first kappa shape index (κ1) is 21.3. The van der Waals surface area contributed by atoms with Gasteiger partial charge >= 0.3 is 0 Å². The van der Waals surface area contributed by atoms with Crippen molar-refractivity contribution in [2.75, 3.05) is 12.0 Å². The van der Waals surface area contributed by atoms with Crippen molar-refractivity contribution in [2.24, 2.45) is 5.92 Å². The van der Waals surface area contributed by atoms with Crippen LogP contribution in [0.4, 0.5) is 0 Å². The molecule has 1 amide bonds. The maximum atomic E-state index is 12.8. The number of carbonyl (C=O) groups excluding carboxylic acids is 1. The van der Waals surface area contributed by atoms with E-state index in [1.807, 2.05) is 13.2 Å². The summed E-state index contributed by atoms with van der Waals surface area (Å²) >= 11 is 1.60. The summed E-state index contributed by atoms with van der Waals surface area (Å²) in [5.74, 6) is 0.936. The van der Waals surface area contributed by atoms with Gasteiger partial charge in [-0.3, -0.25) is 4.79 Å². The van der Waals surface area contributed by atoms with E-state index in [1.54, 1.807) is 36.0 Å². The molecular weight excluding hydrogens is 368 g/mol. The minimum atomic E-state index is -3.73. The van der Waals surface area contributed by atoms with Crippen molar-refractivity contribution in [3.8, 4) is 0 Å². The van der Waals surface area contributed by atoms with Crippen LogP contribution in [0.5, 0.6) is 0 Å². The Morgan fingerprint density at radius 1 is 1.23 bits per heavy atom. The van der Waals surface area contributed by atoms with Gasteiger partial charge in [0.05, 0.1) is 4.90 Å². The first-order chi connectivity index (χ1) is 12.3. The highest BCUT2D eigenvalue weighted by Gasteiger charge is 2.29. The zero-order chi connectivity index (χ0) is 19.2. The van der Waals surface area contributed by atoms with Gasteiger partial charge < -0.3 is 5.32 Å². The fourth-order valence-electron chi connectivity index (χ4n) is 3.27. The smallest absolute Gasteiger partial charge is 0.241 e. The van der Waals surface area contributed by atoms with Gasteiger partial charge in [-0.25, -0.2) is 8.42 Å². The van der Waals surface area contributed by atoms with Gasteiger partial charge in [0.2, 0.25) is 15.9 Å². The average Bonchev–Trinajstić information content (AvgIpc) is 2.60. The zero-order valence-electron chi connectivity index (χ0n) is 15.8.